The van der Waals surface area contributed by atoms with Crippen LogP contribution in [0.1, 0.15) is 13.8 Å². The normalized spacial score (nSPS) is 12.3. The Kier molecular flexibility index (Phi) is 6.12. The molecule has 1 atom stereocenters. The van der Waals surface area contributed by atoms with E-state index in [9.17, 15) is 4.79 Å². The summed E-state index contributed by atoms with van der Waals surface area (Å²) in [5.41, 5.74) is 5.81. The summed E-state index contributed by atoms with van der Waals surface area (Å²) in [6, 6.07) is 6.78. The lowest BCUT2D eigenvalue weighted by Gasteiger charge is -2.23. The molecule has 0 spiro atoms. The van der Waals surface area contributed by atoms with Crippen molar-refractivity contribution in [2.75, 3.05) is 20.2 Å². The van der Waals surface area contributed by atoms with Crippen molar-refractivity contribution >= 4 is 17.5 Å². The Bertz CT molecular complexity index is 424. The summed E-state index contributed by atoms with van der Waals surface area (Å²) < 4.78 is 5.53. The molecule has 0 radical (unpaired) electrons. The molecule has 0 aliphatic rings. The van der Waals surface area contributed by atoms with E-state index in [-0.39, 0.29) is 11.8 Å². The topological polar surface area (TPSA) is 55.6 Å². The molecular weight excluding hydrogens is 264 g/mol. The Morgan fingerprint density at radius 2 is 2.05 bits per heavy atom. The third-order valence-electron chi connectivity index (χ3n) is 2.90. The number of halogens is 1. The van der Waals surface area contributed by atoms with Crippen molar-refractivity contribution in [1.29, 1.82) is 0 Å². The largest absolute Gasteiger partial charge is 0.490 e. The monoisotopic (exact) mass is 284 g/mol. The number of carbonyl (C=O) groups is 1. The third kappa shape index (κ3) is 4.73. The predicted octanol–water partition coefficient (Wildman–Crippen LogP) is 2.16. The van der Waals surface area contributed by atoms with Crippen LogP contribution >= 0.6 is 11.6 Å². The van der Waals surface area contributed by atoms with E-state index in [1.165, 1.54) is 0 Å². The molecule has 1 amide bonds. The maximum atomic E-state index is 11.9. The molecular formula is C14H21ClN2O2. The minimum atomic E-state index is -0.467. The molecule has 0 aromatic heterocycles. The Morgan fingerprint density at radius 3 is 2.63 bits per heavy atom. The smallest absolute Gasteiger partial charge is 0.239 e. The number of carbonyl (C=O) groups excluding carboxylic acids is 1. The van der Waals surface area contributed by atoms with Crippen LogP contribution in [0.25, 0.3) is 0 Å². The van der Waals surface area contributed by atoms with Crippen LogP contribution in [-0.2, 0) is 4.79 Å². The lowest BCUT2D eigenvalue weighted by atomic mass is 10.0. The Balaban J connectivity index is 2.41. The standard InChI is InChI=1S/C14H21ClN2O2/c1-10(2)13(16)14(18)17(3)8-9-19-12-7-5-4-6-11(12)15/h4-7,10,13H,8-9,16H2,1-3H3/t13-/m1/s1. The van der Waals surface area contributed by atoms with Gasteiger partial charge in [-0.3, -0.25) is 4.79 Å². The van der Waals surface area contributed by atoms with Gasteiger partial charge in [0.2, 0.25) is 5.91 Å². The number of ether oxygens (including phenoxy) is 1. The van der Waals surface area contributed by atoms with Crippen LogP contribution in [0.2, 0.25) is 5.02 Å². The molecule has 0 fully saturated rings. The van der Waals surface area contributed by atoms with E-state index in [0.29, 0.717) is 23.9 Å². The Morgan fingerprint density at radius 1 is 1.42 bits per heavy atom. The summed E-state index contributed by atoms with van der Waals surface area (Å²) in [6.45, 7) is 4.72. The minimum absolute atomic E-state index is 0.0715. The number of nitrogens with zero attached hydrogens (tertiary/aromatic N) is 1. The van der Waals surface area contributed by atoms with Crippen molar-refractivity contribution in [3.63, 3.8) is 0 Å². The molecule has 1 aromatic rings. The van der Waals surface area contributed by atoms with Crippen molar-refractivity contribution in [2.45, 2.75) is 19.9 Å². The molecule has 5 heteroatoms. The molecule has 0 aliphatic heterocycles. The molecule has 4 nitrogen and oxygen atoms in total. The molecule has 0 unspecified atom stereocenters. The van der Waals surface area contributed by atoms with E-state index in [1.54, 1.807) is 24.1 Å². The number of para-hydroxylation sites is 1. The lowest BCUT2D eigenvalue weighted by molar-refractivity contribution is -0.132. The fourth-order valence-corrected chi connectivity index (χ4v) is 1.69. The van der Waals surface area contributed by atoms with Crippen LogP contribution in [0.4, 0.5) is 0 Å². The molecule has 106 valence electrons. The van der Waals surface area contributed by atoms with Crippen LogP contribution in [-0.4, -0.2) is 37.0 Å². The van der Waals surface area contributed by atoms with Gasteiger partial charge in [-0.15, -0.1) is 0 Å². The molecule has 0 saturated carbocycles. The van der Waals surface area contributed by atoms with Gasteiger partial charge in [-0.1, -0.05) is 37.6 Å². The molecule has 0 saturated heterocycles. The van der Waals surface area contributed by atoms with E-state index < -0.39 is 6.04 Å². The zero-order valence-electron chi connectivity index (χ0n) is 11.6. The zero-order chi connectivity index (χ0) is 14.4. The van der Waals surface area contributed by atoms with Gasteiger partial charge < -0.3 is 15.4 Å². The first-order valence-corrected chi connectivity index (χ1v) is 6.69. The number of amides is 1. The zero-order valence-corrected chi connectivity index (χ0v) is 12.4. The van der Waals surface area contributed by atoms with Gasteiger partial charge in [-0.2, -0.15) is 0 Å². The highest BCUT2D eigenvalue weighted by Gasteiger charge is 2.20. The van der Waals surface area contributed by atoms with E-state index in [4.69, 9.17) is 22.1 Å². The maximum Gasteiger partial charge on any atom is 0.239 e. The number of hydrogen-bond acceptors (Lipinski definition) is 3. The molecule has 0 aliphatic carbocycles. The molecule has 1 rings (SSSR count). The molecule has 0 heterocycles. The minimum Gasteiger partial charge on any atom is -0.490 e. The second-order valence-electron chi connectivity index (χ2n) is 4.81. The number of hydrogen-bond donors (Lipinski definition) is 1. The first kappa shape index (κ1) is 15.8. The molecule has 1 aromatic carbocycles. The fourth-order valence-electron chi connectivity index (χ4n) is 1.50. The second kappa shape index (κ2) is 7.36. The Labute approximate surface area is 119 Å². The van der Waals surface area contributed by atoms with Gasteiger partial charge in [0.1, 0.15) is 12.4 Å². The van der Waals surface area contributed by atoms with Crippen LogP contribution < -0.4 is 10.5 Å². The molecule has 2 N–H and O–H groups in total. The van der Waals surface area contributed by atoms with Gasteiger partial charge in [0.15, 0.2) is 0 Å². The van der Waals surface area contributed by atoms with Gasteiger partial charge in [0, 0.05) is 7.05 Å². The van der Waals surface area contributed by atoms with Gasteiger partial charge in [-0.05, 0) is 18.1 Å². The summed E-state index contributed by atoms with van der Waals surface area (Å²) in [7, 11) is 1.72. The molecule has 19 heavy (non-hydrogen) atoms. The van der Waals surface area contributed by atoms with E-state index >= 15 is 0 Å². The average Bonchev–Trinajstić information content (AvgIpc) is 2.38. The average molecular weight is 285 g/mol. The summed E-state index contributed by atoms with van der Waals surface area (Å²) in [6.07, 6.45) is 0. The highest BCUT2D eigenvalue weighted by atomic mass is 35.5. The quantitative estimate of drug-likeness (QED) is 0.871. The highest BCUT2D eigenvalue weighted by molar-refractivity contribution is 6.32. The first-order chi connectivity index (χ1) is 8.93. The first-order valence-electron chi connectivity index (χ1n) is 6.31. The molecule has 0 bridgehead atoms. The highest BCUT2D eigenvalue weighted by Crippen LogP contribution is 2.22. The number of nitrogens with two attached hydrogens (primary N) is 1. The van der Waals surface area contributed by atoms with Gasteiger partial charge in [-0.25, -0.2) is 0 Å². The van der Waals surface area contributed by atoms with Crippen molar-refractivity contribution < 1.29 is 9.53 Å². The van der Waals surface area contributed by atoms with E-state index in [0.717, 1.165) is 0 Å². The van der Waals surface area contributed by atoms with E-state index in [1.807, 2.05) is 26.0 Å². The predicted molar refractivity (Wildman–Crippen MR) is 77.4 cm³/mol. The number of rotatable bonds is 6. The summed E-state index contributed by atoms with van der Waals surface area (Å²) in [5, 5.41) is 0.565. The Hall–Kier alpha value is -1.26. The van der Waals surface area contributed by atoms with Crippen molar-refractivity contribution in [3.8, 4) is 5.75 Å². The van der Waals surface area contributed by atoms with Crippen molar-refractivity contribution in [1.82, 2.24) is 4.90 Å². The second-order valence-corrected chi connectivity index (χ2v) is 5.22. The van der Waals surface area contributed by atoms with Crippen molar-refractivity contribution in [2.24, 2.45) is 11.7 Å². The van der Waals surface area contributed by atoms with Crippen LogP contribution in [0.3, 0.4) is 0 Å². The summed E-state index contributed by atoms with van der Waals surface area (Å²) in [4.78, 5) is 13.5. The van der Waals surface area contributed by atoms with Gasteiger partial charge >= 0.3 is 0 Å². The van der Waals surface area contributed by atoms with Crippen molar-refractivity contribution in [3.05, 3.63) is 29.3 Å². The SMILES string of the molecule is CC(C)[C@@H](N)C(=O)N(C)CCOc1ccccc1Cl. The summed E-state index contributed by atoms with van der Waals surface area (Å²) >= 11 is 5.97. The fraction of sp³-hybridized carbons (Fsp3) is 0.500. The van der Waals surface area contributed by atoms with Crippen LogP contribution in [0, 0.1) is 5.92 Å². The third-order valence-corrected chi connectivity index (χ3v) is 3.21. The number of likely N-dealkylation sites (N-methyl/N-ethyl adjacent to an activating group) is 1. The maximum absolute atomic E-state index is 11.9. The summed E-state index contributed by atoms with van der Waals surface area (Å²) in [5.74, 6) is 0.676. The van der Waals surface area contributed by atoms with Crippen LogP contribution in [0.5, 0.6) is 5.75 Å². The van der Waals surface area contributed by atoms with E-state index in [2.05, 4.69) is 0 Å². The number of benzene rings is 1. The van der Waals surface area contributed by atoms with Crippen LogP contribution in [0.15, 0.2) is 24.3 Å². The van der Waals surface area contributed by atoms with Gasteiger partial charge in [0.05, 0.1) is 17.6 Å². The lowest BCUT2D eigenvalue weighted by Crippen LogP contribution is -2.46. The van der Waals surface area contributed by atoms with Gasteiger partial charge in [0.25, 0.3) is 0 Å².